The zero-order valence-corrected chi connectivity index (χ0v) is 22.2. The maximum absolute atomic E-state index is 6.50. The minimum absolute atomic E-state index is 0.680. The Bertz CT molecular complexity index is 2040. The normalized spacial score (nSPS) is 11.8. The molecule has 8 rings (SSSR count). The van der Waals surface area contributed by atoms with Gasteiger partial charge < -0.3 is 14.4 Å². The molecule has 7 aromatic rings. The Morgan fingerprint density at radius 3 is 1.80 bits per heavy atom. The highest BCUT2D eigenvalue weighted by Crippen LogP contribution is 2.48. The summed E-state index contributed by atoms with van der Waals surface area (Å²) in [6, 6.07) is 52.5. The second kappa shape index (κ2) is 9.58. The second-order valence-electron chi connectivity index (χ2n) is 10.2. The number of nitrogens with zero attached hydrogens (tertiary/aromatic N) is 1. The third kappa shape index (κ3) is 4.07. The van der Waals surface area contributed by atoms with E-state index < -0.39 is 0 Å². The van der Waals surface area contributed by atoms with Crippen LogP contribution < -0.4 is 14.4 Å². The molecule has 0 spiro atoms. The van der Waals surface area contributed by atoms with E-state index in [0.29, 0.717) is 11.5 Å². The number of fused-ring (bicyclic) bond motifs is 2. The van der Waals surface area contributed by atoms with Crippen molar-refractivity contribution in [3.8, 4) is 34.1 Å². The monoisotopic (exact) mass is 527 g/mol. The van der Waals surface area contributed by atoms with Crippen LogP contribution in [0.15, 0.2) is 152 Å². The number of hydrogen-bond acceptors (Lipinski definition) is 3. The van der Waals surface area contributed by atoms with Gasteiger partial charge in [-0.3, -0.25) is 0 Å². The average molecular weight is 528 g/mol. The SMILES string of the molecule is c1ccc(N(c2ccc(-c3cccc4ccccc34)cc2)c2ccc3c(c2)Oc2cccc4cccc(c24)O3)cc1. The first-order valence-electron chi connectivity index (χ1n) is 13.8. The van der Waals surface area contributed by atoms with E-state index >= 15 is 0 Å². The lowest BCUT2D eigenvalue weighted by atomic mass is 9.98. The third-order valence-corrected chi connectivity index (χ3v) is 7.69. The summed E-state index contributed by atoms with van der Waals surface area (Å²) in [4.78, 5) is 2.25. The van der Waals surface area contributed by atoms with Crippen molar-refractivity contribution in [2.45, 2.75) is 0 Å². The van der Waals surface area contributed by atoms with Gasteiger partial charge in [-0.05, 0) is 75.8 Å². The Morgan fingerprint density at radius 2 is 1.00 bits per heavy atom. The average Bonchev–Trinajstić information content (AvgIpc) is 3.19. The Kier molecular flexibility index (Phi) is 5.46. The van der Waals surface area contributed by atoms with Crippen molar-refractivity contribution in [2.24, 2.45) is 0 Å². The van der Waals surface area contributed by atoms with Crippen LogP contribution in [-0.4, -0.2) is 0 Å². The van der Waals surface area contributed by atoms with Crippen molar-refractivity contribution >= 4 is 38.6 Å². The lowest BCUT2D eigenvalue weighted by Crippen LogP contribution is -2.10. The van der Waals surface area contributed by atoms with Gasteiger partial charge in [0.1, 0.15) is 11.5 Å². The summed E-state index contributed by atoms with van der Waals surface area (Å²) in [5.41, 5.74) is 5.51. The Balaban J connectivity index is 1.22. The maximum atomic E-state index is 6.50. The molecule has 0 fully saturated rings. The lowest BCUT2D eigenvalue weighted by Gasteiger charge is -2.26. The fraction of sp³-hybridized carbons (Fsp3) is 0. The van der Waals surface area contributed by atoms with Crippen molar-refractivity contribution in [2.75, 3.05) is 4.90 Å². The van der Waals surface area contributed by atoms with Gasteiger partial charge in [-0.15, -0.1) is 0 Å². The van der Waals surface area contributed by atoms with Crippen molar-refractivity contribution in [1.29, 1.82) is 0 Å². The predicted molar refractivity (Wildman–Crippen MR) is 168 cm³/mol. The van der Waals surface area contributed by atoms with Gasteiger partial charge in [0.15, 0.2) is 11.5 Å². The Labute approximate surface area is 238 Å². The molecule has 1 aliphatic rings. The van der Waals surface area contributed by atoms with E-state index in [1.165, 1.54) is 21.9 Å². The molecular weight excluding hydrogens is 502 g/mol. The first-order valence-corrected chi connectivity index (χ1v) is 13.8. The number of rotatable bonds is 4. The molecule has 0 saturated carbocycles. The van der Waals surface area contributed by atoms with Gasteiger partial charge in [-0.1, -0.05) is 97.1 Å². The molecule has 0 radical (unpaired) electrons. The van der Waals surface area contributed by atoms with Crippen molar-refractivity contribution in [3.63, 3.8) is 0 Å². The molecule has 0 unspecified atom stereocenters. The van der Waals surface area contributed by atoms with Crippen LogP contribution in [0.4, 0.5) is 17.1 Å². The standard InChI is InChI=1S/C38H25NO2/c1-2-13-29(14-3-1)39(30-21-19-27(20-22-30)33-16-6-10-26-9-4-5-15-32(26)33)31-23-24-34-37(25-31)41-36-18-8-12-28-11-7-17-35(40-34)38(28)36/h1-25H. The molecule has 0 amide bonds. The molecule has 0 bridgehead atoms. The van der Waals surface area contributed by atoms with E-state index in [9.17, 15) is 0 Å². The van der Waals surface area contributed by atoms with Gasteiger partial charge in [0, 0.05) is 17.4 Å². The fourth-order valence-corrected chi connectivity index (χ4v) is 5.77. The summed E-state index contributed by atoms with van der Waals surface area (Å²) in [5.74, 6) is 2.96. The largest absolute Gasteiger partial charge is 0.453 e. The fourth-order valence-electron chi connectivity index (χ4n) is 5.77. The van der Waals surface area contributed by atoms with Crippen LogP contribution >= 0.6 is 0 Å². The summed E-state index contributed by atoms with van der Waals surface area (Å²) >= 11 is 0. The molecule has 0 aromatic heterocycles. The Hall–Kier alpha value is -5.54. The summed E-state index contributed by atoms with van der Waals surface area (Å²) in [7, 11) is 0. The first-order chi connectivity index (χ1) is 20.3. The summed E-state index contributed by atoms with van der Waals surface area (Å²) in [5, 5.41) is 4.56. The van der Waals surface area contributed by atoms with Gasteiger partial charge in [0.2, 0.25) is 0 Å². The van der Waals surface area contributed by atoms with E-state index in [1.54, 1.807) is 0 Å². The van der Waals surface area contributed by atoms with Crippen LogP contribution in [0.25, 0.3) is 32.7 Å². The molecule has 41 heavy (non-hydrogen) atoms. The van der Waals surface area contributed by atoms with Gasteiger partial charge in [0.05, 0.1) is 11.1 Å². The van der Waals surface area contributed by atoms with Gasteiger partial charge in [-0.25, -0.2) is 0 Å². The molecule has 0 N–H and O–H groups in total. The quantitative estimate of drug-likeness (QED) is 0.227. The van der Waals surface area contributed by atoms with Crippen LogP contribution in [0.1, 0.15) is 0 Å². The number of ether oxygens (including phenoxy) is 2. The van der Waals surface area contributed by atoms with E-state index in [0.717, 1.165) is 39.3 Å². The second-order valence-corrected chi connectivity index (χ2v) is 10.2. The molecule has 0 aliphatic carbocycles. The minimum atomic E-state index is 0.680. The number of hydrogen-bond donors (Lipinski definition) is 0. The number of para-hydroxylation sites is 1. The van der Waals surface area contributed by atoms with Crippen LogP contribution in [-0.2, 0) is 0 Å². The van der Waals surface area contributed by atoms with Crippen molar-refractivity contribution in [3.05, 3.63) is 152 Å². The maximum Gasteiger partial charge on any atom is 0.172 e. The van der Waals surface area contributed by atoms with Gasteiger partial charge in [-0.2, -0.15) is 0 Å². The topological polar surface area (TPSA) is 21.7 Å². The molecule has 1 aliphatic heterocycles. The smallest absolute Gasteiger partial charge is 0.172 e. The lowest BCUT2D eigenvalue weighted by molar-refractivity contribution is 0.439. The van der Waals surface area contributed by atoms with Gasteiger partial charge >= 0.3 is 0 Å². The molecular formula is C38H25NO2. The molecule has 3 heteroatoms. The van der Waals surface area contributed by atoms with Crippen molar-refractivity contribution in [1.82, 2.24) is 0 Å². The van der Waals surface area contributed by atoms with Crippen LogP contribution in [0.5, 0.6) is 23.0 Å². The van der Waals surface area contributed by atoms with E-state index in [4.69, 9.17) is 9.47 Å². The van der Waals surface area contributed by atoms with Crippen LogP contribution in [0, 0.1) is 0 Å². The molecule has 7 aromatic carbocycles. The van der Waals surface area contributed by atoms with Gasteiger partial charge in [0.25, 0.3) is 0 Å². The van der Waals surface area contributed by atoms with E-state index in [1.807, 2.05) is 36.4 Å². The van der Waals surface area contributed by atoms with Crippen molar-refractivity contribution < 1.29 is 9.47 Å². The zero-order chi connectivity index (χ0) is 27.2. The molecule has 0 atom stereocenters. The highest BCUT2D eigenvalue weighted by atomic mass is 16.5. The number of benzene rings is 7. The van der Waals surface area contributed by atoms with Crippen LogP contribution in [0.2, 0.25) is 0 Å². The van der Waals surface area contributed by atoms with E-state index in [-0.39, 0.29) is 0 Å². The first kappa shape index (κ1) is 23.4. The third-order valence-electron chi connectivity index (χ3n) is 7.69. The number of anilines is 3. The van der Waals surface area contributed by atoms with E-state index in [2.05, 4.69) is 120 Å². The summed E-state index contributed by atoms with van der Waals surface area (Å²) in [6.45, 7) is 0. The predicted octanol–water partition coefficient (Wildman–Crippen LogP) is 11.0. The molecule has 0 saturated heterocycles. The highest BCUT2D eigenvalue weighted by molar-refractivity contribution is 5.97. The summed E-state index contributed by atoms with van der Waals surface area (Å²) in [6.07, 6.45) is 0. The summed E-state index contributed by atoms with van der Waals surface area (Å²) < 4.78 is 12.9. The molecule has 1 heterocycles. The Morgan fingerprint density at radius 1 is 0.390 bits per heavy atom. The molecule has 194 valence electrons. The minimum Gasteiger partial charge on any atom is -0.453 e. The highest BCUT2D eigenvalue weighted by Gasteiger charge is 2.21. The van der Waals surface area contributed by atoms with Crippen LogP contribution in [0.3, 0.4) is 0 Å². The zero-order valence-electron chi connectivity index (χ0n) is 22.2. The molecule has 3 nitrogen and oxygen atoms in total.